The summed E-state index contributed by atoms with van der Waals surface area (Å²) in [5.41, 5.74) is 5.88. The summed E-state index contributed by atoms with van der Waals surface area (Å²) >= 11 is 0. The van der Waals surface area contributed by atoms with E-state index in [0.717, 1.165) is 22.9 Å². The molecule has 0 bridgehead atoms. The number of anilines is 1. The molecular formula is C29H34N2O6S. The minimum absolute atomic E-state index is 0.0484. The number of hydrogen-bond acceptors (Lipinski definition) is 6. The van der Waals surface area contributed by atoms with Gasteiger partial charge in [0.15, 0.2) is 6.10 Å². The number of carboxylic acids is 1. The van der Waals surface area contributed by atoms with E-state index in [9.17, 15) is 18.3 Å². The quantitative estimate of drug-likeness (QED) is 0.437. The van der Waals surface area contributed by atoms with E-state index in [1.165, 1.54) is 11.4 Å². The Kier molecular flexibility index (Phi) is 7.05. The molecule has 0 radical (unpaired) electrons. The molecule has 0 fully saturated rings. The first kappa shape index (κ1) is 27.6. The summed E-state index contributed by atoms with van der Waals surface area (Å²) in [6.45, 7) is 11.1. The van der Waals surface area contributed by atoms with Gasteiger partial charge in [-0.25, -0.2) is 13.2 Å². The minimum atomic E-state index is -3.75. The highest BCUT2D eigenvalue weighted by Gasteiger charge is 2.39. The zero-order valence-electron chi connectivity index (χ0n) is 23.0. The maximum atomic E-state index is 13.1. The molecule has 38 heavy (non-hydrogen) atoms. The molecule has 0 saturated heterocycles. The first-order valence-corrected chi connectivity index (χ1v) is 14.1. The number of aromatic nitrogens is 1. The van der Waals surface area contributed by atoms with Gasteiger partial charge in [-0.05, 0) is 69.9 Å². The van der Waals surface area contributed by atoms with Crippen molar-refractivity contribution in [2.24, 2.45) is 0 Å². The lowest BCUT2D eigenvalue weighted by Gasteiger charge is -2.37. The Labute approximate surface area is 224 Å². The molecule has 8 nitrogen and oxygen atoms in total. The first-order chi connectivity index (χ1) is 17.6. The van der Waals surface area contributed by atoms with Gasteiger partial charge in [0.2, 0.25) is 10.0 Å². The van der Waals surface area contributed by atoms with Gasteiger partial charge >= 0.3 is 5.97 Å². The number of aryl methyl sites for hydroxylation is 1. The minimum Gasteiger partial charge on any atom is -0.495 e. The molecule has 0 saturated carbocycles. The van der Waals surface area contributed by atoms with Crippen molar-refractivity contribution >= 4 is 21.7 Å². The molecule has 0 unspecified atom stereocenters. The highest BCUT2D eigenvalue weighted by Crippen LogP contribution is 2.51. The number of nitrogens with zero attached hydrogens (tertiary/aromatic N) is 2. The lowest BCUT2D eigenvalue weighted by atomic mass is 9.81. The van der Waals surface area contributed by atoms with Crippen molar-refractivity contribution < 1.29 is 27.8 Å². The number of rotatable bonds is 6. The van der Waals surface area contributed by atoms with Gasteiger partial charge in [-0.15, -0.1) is 0 Å². The third-order valence-electron chi connectivity index (χ3n) is 6.69. The van der Waals surface area contributed by atoms with Crippen molar-refractivity contribution in [2.45, 2.75) is 59.8 Å². The van der Waals surface area contributed by atoms with Gasteiger partial charge in [-0.1, -0.05) is 29.8 Å². The van der Waals surface area contributed by atoms with Crippen LogP contribution in [0, 0.1) is 20.8 Å². The smallest absolute Gasteiger partial charge is 0.337 e. The van der Waals surface area contributed by atoms with Crippen LogP contribution in [0.5, 0.6) is 5.75 Å². The highest BCUT2D eigenvalue weighted by atomic mass is 32.2. The van der Waals surface area contributed by atoms with Crippen LogP contribution in [-0.4, -0.2) is 43.4 Å². The van der Waals surface area contributed by atoms with Crippen LogP contribution in [0.3, 0.4) is 0 Å². The average molecular weight is 539 g/mol. The number of methoxy groups -OCH3 is 1. The van der Waals surface area contributed by atoms with E-state index < -0.39 is 27.7 Å². The molecule has 1 aliphatic heterocycles. The van der Waals surface area contributed by atoms with Crippen LogP contribution < -0.4 is 9.04 Å². The Morgan fingerprint density at radius 1 is 1.08 bits per heavy atom. The van der Waals surface area contributed by atoms with E-state index in [1.807, 2.05) is 38.1 Å². The lowest BCUT2D eigenvalue weighted by Crippen LogP contribution is -2.35. The molecule has 1 N–H and O–H groups in total. The van der Waals surface area contributed by atoms with Crippen molar-refractivity contribution in [3.05, 3.63) is 64.3 Å². The van der Waals surface area contributed by atoms with Crippen molar-refractivity contribution in [3.8, 4) is 28.1 Å². The fourth-order valence-electron chi connectivity index (χ4n) is 5.08. The molecular weight excluding hydrogens is 504 g/mol. The summed E-state index contributed by atoms with van der Waals surface area (Å²) in [5.74, 6) is -0.629. The Morgan fingerprint density at radius 2 is 1.71 bits per heavy atom. The molecule has 1 aromatic heterocycles. The van der Waals surface area contributed by atoms with Crippen LogP contribution in [-0.2, 0) is 26.1 Å². The molecule has 0 amide bonds. The highest BCUT2D eigenvalue weighted by molar-refractivity contribution is 7.92. The molecule has 9 heteroatoms. The second-order valence-corrected chi connectivity index (χ2v) is 12.6. The van der Waals surface area contributed by atoms with Gasteiger partial charge in [-0.2, -0.15) is 0 Å². The number of sulfonamides is 1. The number of benzene rings is 2. The number of carbonyl (C=O) groups is 1. The van der Waals surface area contributed by atoms with Crippen LogP contribution in [0.1, 0.15) is 54.7 Å². The van der Waals surface area contributed by atoms with Crippen molar-refractivity contribution in [3.63, 3.8) is 0 Å². The standard InChI is InChI=1S/C29H34N2O6S/c1-16-9-11-19(12-10-16)22-17(2)24-25-20(13-21(36-7)14-30-25)15-31(38(8,34)35)26(24)18(3)23(22)27(28(32)33)37-29(4,5)6/h9-14,27H,15H2,1-8H3,(H,32,33)/t27-/m0/s1. The number of fused-ring (bicyclic) bond motifs is 3. The number of hydrogen-bond donors (Lipinski definition) is 1. The molecule has 1 aliphatic rings. The predicted molar refractivity (Wildman–Crippen MR) is 148 cm³/mol. The zero-order valence-corrected chi connectivity index (χ0v) is 23.9. The van der Waals surface area contributed by atoms with E-state index >= 15 is 0 Å². The molecule has 2 aromatic carbocycles. The van der Waals surface area contributed by atoms with Crippen molar-refractivity contribution in [2.75, 3.05) is 17.7 Å². The molecule has 4 rings (SSSR count). The Balaban J connectivity index is 2.20. The van der Waals surface area contributed by atoms with Gasteiger partial charge in [0.25, 0.3) is 0 Å². The molecule has 3 aromatic rings. The van der Waals surface area contributed by atoms with E-state index in [2.05, 4.69) is 4.98 Å². The second kappa shape index (κ2) is 9.71. The van der Waals surface area contributed by atoms with E-state index in [-0.39, 0.29) is 6.54 Å². The Bertz CT molecular complexity index is 1520. The van der Waals surface area contributed by atoms with Crippen molar-refractivity contribution in [1.82, 2.24) is 4.98 Å². The topological polar surface area (TPSA) is 106 Å². The summed E-state index contributed by atoms with van der Waals surface area (Å²) in [7, 11) is -2.21. The largest absolute Gasteiger partial charge is 0.495 e. The maximum absolute atomic E-state index is 13.1. The fraction of sp³-hybridized carbons (Fsp3) is 0.379. The van der Waals surface area contributed by atoms with Crippen LogP contribution >= 0.6 is 0 Å². The van der Waals surface area contributed by atoms with Crippen LogP contribution in [0.15, 0.2) is 36.5 Å². The van der Waals surface area contributed by atoms with Gasteiger partial charge in [0, 0.05) is 16.7 Å². The number of ether oxygens (including phenoxy) is 2. The molecule has 0 spiro atoms. The van der Waals surface area contributed by atoms with E-state index in [0.29, 0.717) is 44.9 Å². The van der Waals surface area contributed by atoms with Gasteiger partial charge in [0.1, 0.15) is 5.75 Å². The summed E-state index contributed by atoms with van der Waals surface area (Å²) in [4.78, 5) is 17.4. The monoisotopic (exact) mass is 538 g/mol. The van der Waals surface area contributed by atoms with Gasteiger partial charge in [0.05, 0.1) is 43.1 Å². The molecule has 1 atom stereocenters. The number of pyridine rings is 1. The van der Waals surface area contributed by atoms with Crippen LogP contribution in [0.4, 0.5) is 5.69 Å². The fourth-order valence-corrected chi connectivity index (χ4v) is 6.01. The predicted octanol–water partition coefficient (Wildman–Crippen LogP) is 5.57. The summed E-state index contributed by atoms with van der Waals surface area (Å²) in [5, 5.41) is 10.4. The molecule has 2 heterocycles. The summed E-state index contributed by atoms with van der Waals surface area (Å²) in [6, 6.07) is 9.62. The lowest BCUT2D eigenvalue weighted by molar-refractivity contribution is -0.160. The SMILES string of the molecule is COc1cnc2c(c1)CN(S(C)(=O)=O)c1c(C)c([C@H](OC(C)(C)C)C(=O)O)c(-c3ccc(C)cc3)c(C)c1-2. The van der Waals surface area contributed by atoms with E-state index in [4.69, 9.17) is 9.47 Å². The third kappa shape index (κ3) is 5.00. The van der Waals surface area contributed by atoms with Crippen molar-refractivity contribution in [1.29, 1.82) is 0 Å². The Morgan fingerprint density at radius 3 is 2.24 bits per heavy atom. The number of aliphatic carboxylic acids is 1. The molecule has 0 aliphatic carbocycles. The average Bonchev–Trinajstić information content (AvgIpc) is 2.82. The summed E-state index contributed by atoms with van der Waals surface area (Å²) in [6.07, 6.45) is 1.43. The maximum Gasteiger partial charge on any atom is 0.337 e. The zero-order chi connectivity index (χ0) is 28.2. The first-order valence-electron chi connectivity index (χ1n) is 12.3. The summed E-state index contributed by atoms with van der Waals surface area (Å²) < 4.78 is 39.1. The second-order valence-electron chi connectivity index (χ2n) is 10.7. The molecule has 202 valence electrons. The third-order valence-corrected chi connectivity index (χ3v) is 7.80. The Hall–Kier alpha value is -3.43. The van der Waals surface area contributed by atoms with E-state index in [1.54, 1.807) is 40.0 Å². The van der Waals surface area contributed by atoms with Gasteiger partial charge < -0.3 is 14.6 Å². The number of carboxylic acid groups (broad SMARTS) is 1. The van der Waals surface area contributed by atoms with Crippen LogP contribution in [0.2, 0.25) is 0 Å². The normalized spacial score (nSPS) is 14.1. The van der Waals surface area contributed by atoms with Crippen LogP contribution in [0.25, 0.3) is 22.4 Å². The van der Waals surface area contributed by atoms with Gasteiger partial charge in [-0.3, -0.25) is 9.29 Å².